The van der Waals surface area contributed by atoms with Crippen LogP contribution in [-0.2, 0) is 23.6 Å². The summed E-state index contributed by atoms with van der Waals surface area (Å²) in [5, 5.41) is 12.1. The molecule has 3 aromatic carbocycles. The first kappa shape index (κ1) is 29.9. The first-order valence-electron chi connectivity index (χ1n) is 13.7. The number of carboxylic acid groups (broad SMARTS) is 1. The maximum atomic E-state index is 9.95. The van der Waals surface area contributed by atoms with Gasteiger partial charge in [0.05, 0.1) is 11.2 Å². The molecule has 0 unspecified atom stereocenters. The number of nitrogens with one attached hydrogen (secondary N) is 1. The molecule has 5 rings (SSSR count). The zero-order valence-electron chi connectivity index (χ0n) is 24.6. The van der Waals surface area contributed by atoms with Crippen LogP contribution in [0.2, 0.25) is 0 Å². The van der Waals surface area contributed by atoms with Gasteiger partial charge in [-0.15, -0.1) is 0 Å². The monoisotopic (exact) mass is 566 g/mol. The molecule has 212 valence electrons. The summed E-state index contributed by atoms with van der Waals surface area (Å²) in [6.07, 6.45) is -0.208. The molecule has 0 atom stereocenters. The number of thiol groups is 1. The molecule has 7 heteroatoms. The van der Waals surface area contributed by atoms with Crippen LogP contribution in [0.15, 0.2) is 89.8 Å². The molecule has 0 aliphatic rings. The van der Waals surface area contributed by atoms with Crippen LogP contribution >= 0.6 is 0 Å². The molecular weight excluding hydrogens is 528 g/mol. The Morgan fingerprint density at radius 2 is 1.56 bits per heavy atom. The molecule has 1 N–H and O–H groups in total. The van der Waals surface area contributed by atoms with E-state index < -0.39 is 6.09 Å². The van der Waals surface area contributed by atoms with Crippen molar-refractivity contribution < 1.29 is 9.90 Å². The van der Waals surface area contributed by atoms with Crippen molar-refractivity contribution in [2.45, 2.75) is 58.3 Å². The Hall–Kier alpha value is -4.10. The number of fused-ring (bicyclic) bond motifs is 1. The van der Waals surface area contributed by atoms with Crippen LogP contribution in [-0.4, -0.2) is 26.4 Å². The van der Waals surface area contributed by atoms with E-state index in [1.807, 2.05) is 0 Å². The number of hydrogen-bond donors (Lipinski definition) is 1. The Morgan fingerprint density at radius 3 is 2.17 bits per heavy atom. The number of carbonyl (C=O) groups is 1. The summed E-state index contributed by atoms with van der Waals surface area (Å²) in [4.78, 5) is 21.0. The van der Waals surface area contributed by atoms with E-state index in [1.165, 1.54) is 27.8 Å². The first-order chi connectivity index (χ1) is 19.5. The number of anilines is 1. The fraction of sp³-hybridized carbons (Fsp3) is 0.265. The second kappa shape index (κ2) is 13.0. The number of nitrogens with zero attached hydrogens (tertiary/aromatic N) is 3. The third-order valence-electron chi connectivity index (χ3n) is 6.56. The molecule has 0 radical (unpaired) electrons. The van der Waals surface area contributed by atoms with Gasteiger partial charge in [0.25, 0.3) is 0 Å². The Labute approximate surface area is 246 Å². The second-order valence-corrected chi connectivity index (χ2v) is 12.4. The first-order valence-corrected chi connectivity index (χ1v) is 14.8. The van der Waals surface area contributed by atoms with Gasteiger partial charge in [0, 0.05) is 40.7 Å². The maximum Gasteiger partial charge on any atom is 0.152 e. The molecule has 0 saturated carbocycles. The third kappa shape index (κ3) is 7.98. The number of imidazole rings is 1. The number of benzene rings is 3. The molecule has 0 saturated heterocycles. The smallest absolute Gasteiger partial charge is 0.152 e. The zero-order chi connectivity index (χ0) is 29.6. The summed E-state index contributed by atoms with van der Waals surface area (Å²) >= 11 is 1.38. The summed E-state index contributed by atoms with van der Waals surface area (Å²) in [5.41, 5.74) is 8.47. The standard InChI is InChI=1S/C27H31N3S.C7H7NO2/c1-18-7-13-23(14-8-18)31-16-15-21-9-11-22(12-10-21)30-24-17-19(2)28-20(3)25(24)29-26(30)27(4,5)6;9-7(10)8-6-4-2-1-3-5-6/h7-14,17H,15-16H2,1-6H3;1-5,8H,(H,9,10). The highest BCUT2D eigenvalue weighted by atomic mass is 32.2. The number of para-hydroxylation sites is 1. The number of aromatic nitrogens is 3. The molecule has 0 aliphatic carbocycles. The number of carbonyl (C=O) groups excluding carboxylic acids is 1. The maximum absolute atomic E-state index is 9.95. The van der Waals surface area contributed by atoms with Crippen LogP contribution in [0.25, 0.3) is 16.7 Å². The van der Waals surface area contributed by atoms with Gasteiger partial charge in [0.1, 0.15) is 23.2 Å². The summed E-state index contributed by atoms with van der Waals surface area (Å²) in [7, 11) is 0. The van der Waals surface area contributed by atoms with E-state index in [0.29, 0.717) is 5.69 Å². The number of hydrogen-bond acceptors (Lipinski definition) is 4. The summed E-state index contributed by atoms with van der Waals surface area (Å²) in [6.45, 7) is 12.9. The molecule has 6 nitrogen and oxygen atoms in total. The Balaban J connectivity index is 0.000000328. The molecule has 0 aliphatic heterocycles. The van der Waals surface area contributed by atoms with Crippen molar-refractivity contribution in [1.82, 2.24) is 14.5 Å². The van der Waals surface area contributed by atoms with Gasteiger partial charge >= 0.3 is 0 Å². The van der Waals surface area contributed by atoms with Crippen molar-refractivity contribution in [2.75, 3.05) is 11.1 Å². The molecule has 0 bridgehead atoms. The summed E-state index contributed by atoms with van der Waals surface area (Å²) in [6, 6.07) is 28.6. The van der Waals surface area contributed by atoms with Crippen LogP contribution in [0.3, 0.4) is 0 Å². The molecule has 2 heterocycles. The van der Waals surface area contributed by atoms with Crippen molar-refractivity contribution in [3.63, 3.8) is 0 Å². The van der Waals surface area contributed by atoms with Crippen molar-refractivity contribution in [3.8, 4) is 5.69 Å². The normalized spacial score (nSPS) is 11.2. The number of aryl methyl sites for hydroxylation is 4. The minimum atomic E-state index is -1.29. The summed E-state index contributed by atoms with van der Waals surface area (Å²) in [5.74, 6) is 2.21. The van der Waals surface area contributed by atoms with Crippen molar-refractivity contribution >= 4 is 34.6 Å². The highest BCUT2D eigenvalue weighted by Crippen LogP contribution is 2.31. The van der Waals surface area contributed by atoms with Gasteiger partial charge in [-0.1, -0.05) is 68.8 Å². The number of pyridine rings is 1. The SMILES string of the molecule is Cc1ccc([SH+]CCc2ccc(-n3c(C(C)(C)C)nc4c(C)nc(C)cc43)cc2)cc1.O=C([O-])Nc1ccccc1. The van der Waals surface area contributed by atoms with E-state index >= 15 is 0 Å². The Morgan fingerprint density at radius 1 is 0.902 bits per heavy atom. The molecule has 2 aromatic heterocycles. The van der Waals surface area contributed by atoms with Crippen LogP contribution in [0, 0.1) is 20.8 Å². The highest BCUT2D eigenvalue weighted by Gasteiger charge is 2.25. The highest BCUT2D eigenvalue weighted by molar-refractivity contribution is 7.78. The van der Waals surface area contributed by atoms with Crippen molar-refractivity contribution in [1.29, 1.82) is 0 Å². The van der Waals surface area contributed by atoms with Crippen LogP contribution in [0.1, 0.15) is 49.1 Å². The molecule has 5 aromatic rings. The number of rotatable bonds is 6. The molecule has 1 amide bonds. The van der Waals surface area contributed by atoms with Gasteiger partial charge in [0.15, 0.2) is 4.90 Å². The average molecular weight is 567 g/mol. The predicted octanol–water partition coefficient (Wildman–Crippen LogP) is 6.50. The number of amides is 1. The summed E-state index contributed by atoms with van der Waals surface area (Å²) < 4.78 is 2.31. The lowest BCUT2D eigenvalue weighted by atomic mass is 9.95. The van der Waals surface area contributed by atoms with Gasteiger partial charge in [-0.3, -0.25) is 9.55 Å². The third-order valence-corrected chi connectivity index (χ3v) is 7.67. The zero-order valence-corrected chi connectivity index (χ0v) is 25.5. The van der Waals surface area contributed by atoms with E-state index in [9.17, 15) is 9.90 Å². The lowest BCUT2D eigenvalue weighted by Gasteiger charge is -2.20. The minimum absolute atomic E-state index is 0.0645. The fourth-order valence-corrected chi connectivity index (χ4v) is 5.55. The lowest BCUT2D eigenvalue weighted by molar-refractivity contribution is -0.242. The Bertz CT molecular complexity index is 1600. The van der Waals surface area contributed by atoms with Gasteiger partial charge in [0.2, 0.25) is 0 Å². The predicted molar refractivity (Wildman–Crippen MR) is 169 cm³/mol. The lowest BCUT2D eigenvalue weighted by Crippen LogP contribution is -2.28. The van der Waals surface area contributed by atoms with Gasteiger partial charge in [-0.05, 0) is 68.8 Å². The second-order valence-electron chi connectivity index (χ2n) is 11.1. The van der Waals surface area contributed by atoms with Crippen LogP contribution < -0.4 is 10.4 Å². The van der Waals surface area contributed by atoms with E-state index in [4.69, 9.17) is 4.98 Å². The van der Waals surface area contributed by atoms with Gasteiger partial charge in [-0.2, -0.15) is 0 Å². The minimum Gasteiger partial charge on any atom is -0.530 e. The average Bonchev–Trinajstić information content (AvgIpc) is 3.31. The van der Waals surface area contributed by atoms with E-state index in [-0.39, 0.29) is 5.41 Å². The Kier molecular flexibility index (Phi) is 9.50. The largest absolute Gasteiger partial charge is 0.530 e. The van der Waals surface area contributed by atoms with Crippen molar-refractivity contribution in [2.24, 2.45) is 0 Å². The van der Waals surface area contributed by atoms with Crippen molar-refractivity contribution in [3.05, 3.63) is 113 Å². The molecule has 0 spiro atoms. The molecule has 41 heavy (non-hydrogen) atoms. The fourth-order valence-electron chi connectivity index (χ4n) is 4.56. The van der Waals surface area contributed by atoms with Gasteiger partial charge in [-0.25, -0.2) is 4.98 Å². The quantitative estimate of drug-likeness (QED) is 0.188. The topological polar surface area (TPSA) is 82.9 Å². The molecular formula is C34H38N4O2S. The van der Waals surface area contributed by atoms with Crippen LogP contribution in [0.5, 0.6) is 0 Å². The molecule has 0 fully saturated rings. The van der Waals surface area contributed by atoms with E-state index in [0.717, 1.165) is 46.1 Å². The van der Waals surface area contributed by atoms with E-state index in [2.05, 4.69) is 111 Å². The van der Waals surface area contributed by atoms with Crippen LogP contribution in [0.4, 0.5) is 10.5 Å². The van der Waals surface area contributed by atoms with Gasteiger partial charge < -0.3 is 15.2 Å². The van der Waals surface area contributed by atoms with E-state index in [1.54, 1.807) is 30.3 Å².